The molecule has 2 N–H and O–H groups in total. The molecule has 0 saturated carbocycles. The van der Waals surface area contributed by atoms with E-state index in [0.29, 0.717) is 6.42 Å². The average molecular weight is 206 g/mol. The van der Waals surface area contributed by atoms with Gasteiger partial charge in [0.1, 0.15) is 0 Å². The van der Waals surface area contributed by atoms with Crippen molar-refractivity contribution in [2.75, 3.05) is 14.1 Å². The first kappa shape index (κ1) is 11.7. The standard InChI is InChI=1S/C12H18N2O/c1-14(2)12(15)11(13)9-8-10-6-4-3-5-7-10/h3-7,11H,8-9,13H2,1-2H3/t11-/m1/s1. The second-order valence-electron chi connectivity index (χ2n) is 3.86. The molecule has 0 aliphatic heterocycles. The van der Waals surface area contributed by atoms with E-state index in [0.717, 1.165) is 6.42 Å². The molecule has 1 aromatic carbocycles. The molecular weight excluding hydrogens is 188 g/mol. The summed E-state index contributed by atoms with van der Waals surface area (Å²) in [5, 5.41) is 0. The second-order valence-corrected chi connectivity index (χ2v) is 3.86. The number of rotatable bonds is 4. The number of carbonyl (C=O) groups is 1. The van der Waals surface area contributed by atoms with E-state index in [9.17, 15) is 4.79 Å². The van der Waals surface area contributed by atoms with Crippen LogP contribution in [0.15, 0.2) is 30.3 Å². The highest BCUT2D eigenvalue weighted by Gasteiger charge is 2.14. The van der Waals surface area contributed by atoms with Crippen LogP contribution < -0.4 is 5.73 Å². The number of amides is 1. The molecule has 0 fully saturated rings. The molecule has 0 unspecified atom stereocenters. The van der Waals surface area contributed by atoms with E-state index in [4.69, 9.17) is 5.73 Å². The summed E-state index contributed by atoms with van der Waals surface area (Å²) in [7, 11) is 3.45. The maximum absolute atomic E-state index is 11.5. The number of nitrogens with two attached hydrogens (primary N) is 1. The lowest BCUT2D eigenvalue weighted by atomic mass is 10.1. The van der Waals surface area contributed by atoms with Gasteiger partial charge in [-0.3, -0.25) is 4.79 Å². The summed E-state index contributed by atoms with van der Waals surface area (Å²) in [5.74, 6) is -0.00840. The fourth-order valence-corrected chi connectivity index (χ4v) is 1.42. The highest BCUT2D eigenvalue weighted by molar-refractivity contribution is 5.81. The summed E-state index contributed by atoms with van der Waals surface area (Å²) in [5.41, 5.74) is 7.00. The maximum Gasteiger partial charge on any atom is 0.238 e. The molecular formula is C12H18N2O. The Morgan fingerprint density at radius 1 is 1.33 bits per heavy atom. The Bertz CT molecular complexity index is 309. The summed E-state index contributed by atoms with van der Waals surface area (Å²) in [6.45, 7) is 0. The molecule has 0 aliphatic carbocycles. The highest BCUT2D eigenvalue weighted by atomic mass is 16.2. The Morgan fingerprint density at radius 3 is 2.47 bits per heavy atom. The number of carbonyl (C=O) groups excluding carboxylic acids is 1. The Hall–Kier alpha value is -1.35. The molecule has 0 heterocycles. The van der Waals surface area contributed by atoms with Crippen LogP contribution in [0.3, 0.4) is 0 Å². The van der Waals surface area contributed by atoms with Crippen molar-refractivity contribution in [3.63, 3.8) is 0 Å². The van der Waals surface area contributed by atoms with Crippen LogP contribution in [-0.4, -0.2) is 30.9 Å². The van der Waals surface area contributed by atoms with Gasteiger partial charge in [0.25, 0.3) is 0 Å². The molecule has 0 radical (unpaired) electrons. The molecule has 0 bridgehead atoms. The van der Waals surface area contributed by atoms with Crippen LogP contribution in [0.5, 0.6) is 0 Å². The van der Waals surface area contributed by atoms with Gasteiger partial charge in [0.2, 0.25) is 5.91 Å². The van der Waals surface area contributed by atoms with Crippen LogP contribution in [0.1, 0.15) is 12.0 Å². The molecule has 15 heavy (non-hydrogen) atoms. The molecule has 3 heteroatoms. The van der Waals surface area contributed by atoms with Gasteiger partial charge in [-0.2, -0.15) is 0 Å². The lowest BCUT2D eigenvalue weighted by molar-refractivity contribution is -0.130. The minimum Gasteiger partial charge on any atom is -0.347 e. The molecule has 1 aromatic rings. The van der Waals surface area contributed by atoms with Gasteiger partial charge in [0, 0.05) is 14.1 Å². The van der Waals surface area contributed by atoms with Crippen molar-refractivity contribution in [3.8, 4) is 0 Å². The van der Waals surface area contributed by atoms with Crippen LogP contribution in [0.2, 0.25) is 0 Å². The first-order valence-electron chi connectivity index (χ1n) is 5.12. The number of hydrogen-bond donors (Lipinski definition) is 1. The third kappa shape index (κ3) is 3.72. The van der Waals surface area contributed by atoms with Crippen molar-refractivity contribution in [3.05, 3.63) is 35.9 Å². The Kier molecular flexibility index (Phi) is 4.31. The first-order chi connectivity index (χ1) is 7.11. The average Bonchev–Trinajstić information content (AvgIpc) is 2.26. The molecule has 0 saturated heterocycles. The van der Waals surface area contributed by atoms with Crippen LogP contribution in [0.4, 0.5) is 0 Å². The van der Waals surface area contributed by atoms with Crippen molar-refractivity contribution in [2.24, 2.45) is 5.73 Å². The monoisotopic (exact) mass is 206 g/mol. The predicted octanol–water partition coefficient (Wildman–Crippen LogP) is 1.03. The normalized spacial score (nSPS) is 12.2. The zero-order valence-electron chi connectivity index (χ0n) is 9.31. The highest BCUT2D eigenvalue weighted by Crippen LogP contribution is 2.04. The van der Waals surface area contributed by atoms with Gasteiger partial charge >= 0.3 is 0 Å². The van der Waals surface area contributed by atoms with E-state index < -0.39 is 0 Å². The van der Waals surface area contributed by atoms with E-state index in [1.807, 2.05) is 30.3 Å². The SMILES string of the molecule is CN(C)C(=O)[C@H](N)CCc1ccccc1. The predicted molar refractivity (Wildman–Crippen MR) is 61.4 cm³/mol. The van der Waals surface area contributed by atoms with Crippen LogP contribution in [0, 0.1) is 0 Å². The molecule has 1 amide bonds. The molecule has 0 spiro atoms. The van der Waals surface area contributed by atoms with Gasteiger partial charge in [0.15, 0.2) is 0 Å². The van der Waals surface area contributed by atoms with E-state index >= 15 is 0 Å². The zero-order chi connectivity index (χ0) is 11.3. The smallest absolute Gasteiger partial charge is 0.238 e. The van der Waals surface area contributed by atoms with Crippen LogP contribution in [-0.2, 0) is 11.2 Å². The van der Waals surface area contributed by atoms with Crippen LogP contribution >= 0.6 is 0 Å². The van der Waals surface area contributed by atoms with Crippen molar-refractivity contribution in [1.82, 2.24) is 4.90 Å². The molecule has 1 rings (SSSR count). The van der Waals surface area contributed by atoms with Crippen molar-refractivity contribution in [1.29, 1.82) is 0 Å². The summed E-state index contributed by atoms with van der Waals surface area (Å²) >= 11 is 0. The molecule has 0 aliphatic rings. The lowest BCUT2D eigenvalue weighted by Gasteiger charge is -2.16. The summed E-state index contributed by atoms with van der Waals surface area (Å²) in [6.07, 6.45) is 1.54. The van der Waals surface area contributed by atoms with Gasteiger partial charge < -0.3 is 10.6 Å². The van der Waals surface area contributed by atoms with Gasteiger partial charge in [-0.15, -0.1) is 0 Å². The number of likely N-dealkylation sites (N-methyl/N-ethyl adjacent to an activating group) is 1. The minimum absolute atomic E-state index is 0.00840. The van der Waals surface area contributed by atoms with Crippen LogP contribution in [0.25, 0.3) is 0 Å². The summed E-state index contributed by atoms with van der Waals surface area (Å²) < 4.78 is 0. The number of nitrogens with zero attached hydrogens (tertiary/aromatic N) is 1. The largest absolute Gasteiger partial charge is 0.347 e. The zero-order valence-corrected chi connectivity index (χ0v) is 9.31. The third-order valence-corrected chi connectivity index (χ3v) is 2.34. The van der Waals surface area contributed by atoms with Gasteiger partial charge in [-0.1, -0.05) is 30.3 Å². The van der Waals surface area contributed by atoms with E-state index in [1.54, 1.807) is 14.1 Å². The number of aryl methyl sites for hydroxylation is 1. The van der Waals surface area contributed by atoms with Crippen molar-refractivity contribution >= 4 is 5.91 Å². The van der Waals surface area contributed by atoms with E-state index in [2.05, 4.69) is 0 Å². The second kappa shape index (κ2) is 5.51. The van der Waals surface area contributed by atoms with Crippen molar-refractivity contribution in [2.45, 2.75) is 18.9 Å². The summed E-state index contributed by atoms with van der Waals surface area (Å²) in [6, 6.07) is 9.68. The molecule has 1 atom stereocenters. The fraction of sp³-hybridized carbons (Fsp3) is 0.417. The fourth-order valence-electron chi connectivity index (χ4n) is 1.42. The molecule has 82 valence electrons. The van der Waals surface area contributed by atoms with Crippen molar-refractivity contribution < 1.29 is 4.79 Å². The lowest BCUT2D eigenvalue weighted by Crippen LogP contribution is -2.40. The molecule has 3 nitrogen and oxygen atoms in total. The summed E-state index contributed by atoms with van der Waals surface area (Å²) in [4.78, 5) is 13.0. The Balaban J connectivity index is 2.41. The minimum atomic E-state index is -0.389. The van der Waals surface area contributed by atoms with Gasteiger partial charge in [0.05, 0.1) is 6.04 Å². The van der Waals surface area contributed by atoms with E-state index in [1.165, 1.54) is 10.5 Å². The molecule has 0 aromatic heterocycles. The van der Waals surface area contributed by atoms with Gasteiger partial charge in [-0.05, 0) is 18.4 Å². The number of hydrogen-bond acceptors (Lipinski definition) is 2. The Labute approximate surface area is 90.9 Å². The van der Waals surface area contributed by atoms with Gasteiger partial charge in [-0.25, -0.2) is 0 Å². The quantitative estimate of drug-likeness (QED) is 0.800. The third-order valence-electron chi connectivity index (χ3n) is 2.34. The first-order valence-corrected chi connectivity index (χ1v) is 5.12. The number of benzene rings is 1. The Morgan fingerprint density at radius 2 is 1.93 bits per heavy atom. The maximum atomic E-state index is 11.5. The van der Waals surface area contributed by atoms with E-state index in [-0.39, 0.29) is 11.9 Å². The topological polar surface area (TPSA) is 46.3 Å².